The summed E-state index contributed by atoms with van der Waals surface area (Å²) in [6.07, 6.45) is 3.97. The van der Waals surface area contributed by atoms with Gasteiger partial charge >= 0.3 is 0 Å². The monoisotopic (exact) mass is 302 g/mol. The topological polar surface area (TPSA) is 68.5 Å². The molecule has 1 atom stereocenters. The minimum Gasteiger partial charge on any atom is -0.363 e. The number of fused-ring (bicyclic) bond motifs is 1. The van der Waals surface area contributed by atoms with Crippen molar-refractivity contribution >= 4 is 5.82 Å². The molecule has 1 aliphatic heterocycles. The standard InChI is InChI=1S/C15H19FN6/c1-8-13(16)15(19-14(17-8)10-3-4-10)18-11-5-6-12-21-20-9(2)22(12)7-11/h10-11H,3-7H2,1-2H3,(H,17,18,19). The molecule has 0 radical (unpaired) electrons. The van der Waals surface area contributed by atoms with Gasteiger partial charge in [0.15, 0.2) is 11.6 Å². The Hall–Kier alpha value is -2.05. The van der Waals surface area contributed by atoms with Gasteiger partial charge in [0.05, 0.1) is 5.69 Å². The highest BCUT2D eigenvalue weighted by Crippen LogP contribution is 2.38. The van der Waals surface area contributed by atoms with Crippen molar-refractivity contribution in [1.29, 1.82) is 0 Å². The van der Waals surface area contributed by atoms with Crippen molar-refractivity contribution in [3.05, 3.63) is 29.0 Å². The van der Waals surface area contributed by atoms with Crippen LogP contribution in [0.2, 0.25) is 0 Å². The van der Waals surface area contributed by atoms with E-state index in [0.29, 0.717) is 17.4 Å². The largest absolute Gasteiger partial charge is 0.363 e. The van der Waals surface area contributed by atoms with Crippen LogP contribution in [-0.2, 0) is 13.0 Å². The van der Waals surface area contributed by atoms with Crippen molar-refractivity contribution in [2.45, 2.75) is 58.0 Å². The van der Waals surface area contributed by atoms with E-state index in [9.17, 15) is 4.39 Å². The van der Waals surface area contributed by atoms with Crippen LogP contribution in [0.25, 0.3) is 0 Å². The molecule has 0 bridgehead atoms. The zero-order valence-corrected chi connectivity index (χ0v) is 12.8. The molecular formula is C15H19FN6. The smallest absolute Gasteiger partial charge is 0.186 e. The van der Waals surface area contributed by atoms with Crippen molar-refractivity contribution in [2.75, 3.05) is 5.32 Å². The fourth-order valence-corrected chi connectivity index (χ4v) is 2.97. The summed E-state index contributed by atoms with van der Waals surface area (Å²) in [5, 5.41) is 11.5. The lowest BCUT2D eigenvalue weighted by atomic mass is 10.1. The van der Waals surface area contributed by atoms with Crippen LogP contribution < -0.4 is 5.32 Å². The van der Waals surface area contributed by atoms with Gasteiger partial charge < -0.3 is 9.88 Å². The highest BCUT2D eigenvalue weighted by molar-refractivity contribution is 5.40. The summed E-state index contributed by atoms with van der Waals surface area (Å²) in [6.45, 7) is 4.39. The van der Waals surface area contributed by atoms with E-state index < -0.39 is 0 Å². The van der Waals surface area contributed by atoms with Gasteiger partial charge in [0.1, 0.15) is 17.5 Å². The van der Waals surface area contributed by atoms with Crippen LogP contribution in [0.3, 0.4) is 0 Å². The van der Waals surface area contributed by atoms with Crippen molar-refractivity contribution in [3.8, 4) is 0 Å². The number of anilines is 1. The van der Waals surface area contributed by atoms with E-state index >= 15 is 0 Å². The Balaban J connectivity index is 1.58. The molecule has 1 unspecified atom stereocenters. The molecule has 0 amide bonds. The van der Waals surface area contributed by atoms with Gasteiger partial charge in [0.2, 0.25) is 0 Å². The number of nitrogens with zero attached hydrogens (tertiary/aromatic N) is 5. The molecule has 4 rings (SSSR count). The number of hydrogen-bond acceptors (Lipinski definition) is 5. The first-order valence-electron chi connectivity index (χ1n) is 7.81. The molecule has 2 aromatic heterocycles. The molecule has 1 fully saturated rings. The predicted octanol–water partition coefficient (Wildman–Crippen LogP) is 2.13. The highest BCUT2D eigenvalue weighted by Gasteiger charge is 2.29. The minimum absolute atomic E-state index is 0.137. The Bertz CT molecular complexity index is 721. The zero-order valence-electron chi connectivity index (χ0n) is 12.8. The SMILES string of the molecule is Cc1nc(C2CC2)nc(NC2CCc3nnc(C)n3C2)c1F. The summed E-state index contributed by atoms with van der Waals surface area (Å²) in [7, 11) is 0. The number of hydrogen-bond donors (Lipinski definition) is 1. The maximum atomic E-state index is 14.3. The summed E-state index contributed by atoms with van der Waals surface area (Å²) >= 11 is 0. The lowest BCUT2D eigenvalue weighted by Crippen LogP contribution is -2.32. The molecular weight excluding hydrogens is 283 g/mol. The summed E-state index contributed by atoms with van der Waals surface area (Å²) in [6, 6.07) is 0.137. The lowest BCUT2D eigenvalue weighted by molar-refractivity contribution is 0.465. The summed E-state index contributed by atoms with van der Waals surface area (Å²) in [5.41, 5.74) is 0.427. The van der Waals surface area contributed by atoms with Gasteiger partial charge in [-0.15, -0.1) is 10.2 Å². The molecule has 2 aliphatic rings. The first kappa shape index (κ1) is 13.6. The van der Waals surface area contributed by atoms with Gasteiger partial charge in [0, 0.05) is 24.9 Å². The van der Waals surface area contributed by atoms with Gasteiger partial charge in [-0.25, -0.2) is 14.4 Å². The van der Waals surface area contributed by atoms with E-state index in [4.69, 9.17) is 0 Å². The maximum absolute atomic E-state index is 14.3. The van der Waals surface area contributed by atoms with E-state index in [1.165, 1.54) is 0 Å². The number of nitrogens with one attached hydrogen (secondary N) is 1. The molecule has 0 saturated heterocycles. The third kappa shape index (κ3) is 2.34. The van der Waals surface area contributed by atoms with E-state index in [-0.39, 0.29) is 11.9 Å². The second kappa shape index (κ2) is 5.00. The second-order valence-corrected chi connectivity index (χ2v) is 6.26. The molecule has 22 heavy (non-hydrogen) atoms. The lowest BCUT2D eigenvalue weighted by Gasteiger charge is -2.25. The van der Waals surface area contributed by atoms with E-state index in [0.717, 1.165) is 49.7 Å². The molecule has 1 saturated carbocycles. The Labute approximate surface area is 128 Å². The van der Waals surface area contributed by atoms with Crippen LogP contribution in [0.15, 0.2) is 0 Å². The Kier molecular flexibility index (Phi) is 3.09. The van der Waals surface area contributed by atoms with Crippen molar-refractivity contribution in [1.82, 2.24) is 24.7 Å². The third-order valence-corrected chi connectivity index (χ3v) is 4.45. The third-order valence-electron chi connectivity index (χ3n) is 4.45. The molecule has 1 aliphatic carbocycles. The molecule has 7 heteroatoms. The predicted molar refractivity (Wildman–Crippen MR) is 79.2 cm³/mol. The van der Waals surface area contributed by atoms with Gasteiger partial charge in [-0.1, -0.05) is 0 Å². The quantitative estimate of drug-likeness (QED) is 0.940. The van der Waals surface area contributed by atoms with Crippen LogP contribution in [0.1, 0.15) is 48.3 Å². The second-order valence-electron chi connectivity index (χ2n) is 6.26. The first-order valence-corrected chi connectivity index (χ1v) is 7.81. The summed E-state index contributed by atoms with van der Waals surface area (Å²) < 4.78 is 16.4. The Morgan fingerprint density at radius 2 is 1.95 bits per heavy atom. The zero-order chi connectivity index (χ0) is 15.3. The number of rotatable bonds is 3. The minimum atomic E-state index is -0.337. The van der Waals surface area contributed by atoms with Gasteiger partial charge in [0.25, 0.3) is 0 Å². The van der Waals surface area contributed by atoms with Crippen LogP contribution in [0.5, 0.6) is 0 Å². The fourth-order valence-electron chi connectivity index (χ4n) is 2.97. The Morgan fingerprint density at radius 1 is 1.14 bits per heavy atom. The average Bonchev–Trinajstić information content (AvgIpc) is 3.29. The maximum Gasteiger partial charge on any atom is 0.186 e. The molecule has 116 valence electrons. The van der Waals surface area contributed by atoms with E-state index in [2.05, 4.69) is 30.0 Å². The summed E-state index contributed by atoms with van der Waals surface area (Å²) in [4.78, 5) is 8.70. The van der Waals surface area contributed by atoms with Crippen molar-refractivity contribution < 1.29 is 4.39 Å². The fraction of sp³-hybridized carbons (Fsp3) is 0.600. The summed E-state index contributed by atoms with van der Waals surface area (Å²) in [5.74, 6) is 3.11. The normalized spacial score (nSPS) is 20.8. The molecule has 1 N–H and O–H groups in total. The van der Waals surface area contributed by atoms with Gasteiger partial charge in [-0.05, 0) is 33.1 Å². The van der Waals surface area contributed by atoms with Crippen LogP contribution in [0.4, 0.5) is 10.2 Å². The van der Waals surface area contributed by atoms with E-state index in [1.807, 2.05) is 6.92 Å². The van der Waals surface area contributed by atoms with Crippen LogP contribution >= 0.6 is 0 Å². The van der Waals surface area contributed by atoms with Gasteiger partial charge in [-0.2, -0.15) is 0 Å². The molecule has 3 heterocycles. The van der Waals surface area contributed by atoms with E-state index in [1.54, 1.807) is 6.92 Å². The van der Waals surface area contributed by atoms with Crippen molar-refractivity contribution in [2.24, 2.45) is 0 Å². The molecule has 0 aromatic carbocycles. The highest BCUT2D eigenvalue weighted by atomic mass is 19.1. The number of halogens is 1. The van der Waals surface area contributed by atoms with Crippen LogP contribution in [0, 0.1) is 19.7 Å². The first-order chi connectivity index (χ1) is 10.6. The molecule has 6 nitrogen and oxygen atoms in total. The Morgan fingerprint density at radius 3 is 2.73 bits per heavy atom. The van der Waals surface area contributed by atoms with Gasteiger partial charge in [-0.3, -0.25) is 0 Å². The number of aryl methyl sites for hydroxylation is 3. The average molecular weight is 302 g/mol. The molecule has 0 spiro atoms. The van der Waals surface area contributed by atoms with Crippen LogP contribution in [-0.4, -0.2) is 30.8 Å². The molecule has 2 aromatic rings. The number of aromatic nitrogens is 5. The van der Waals surface area contributed by atoms with Crippen molar-refractivity contribution in [3.63, 3.8) is 0 Å².